The normalized spacial score (nSPS) is 12.0. The number of benzene rings is 1. The summed E-state index contributed by atoms with van der Waals surface area (Å²) in [7, 11) is 0. The van der Waals surface area contributed by atoms with E-state index in [9.17, 15) is 0 Å². The Morgan fingerprint density at radius 2 is 2.19 bits per heavy atom. The average molecular weight is 321 g/mol. The standard InChI is InChI=1S/C12H9ClN6OS/c13-7-3-6(10(14)19-20)1-2-8(7)21-12-9-11(16-4-15-9)17-5-18-12/h1-5,20H,(H2,14,19)(H,15,16,17,18). The quantitative estimate of drug-likeness (QED) is 0.224. The summed E-state index contributed by atoms with van der Waals surface area (Å²) in [6.07, 6.45) is 3.01. The number of imidazole rings is 1. The number of nitrogens with zero attached hydrogens (tertiary/aromatic N) is 4. The van der Waals surface area contributed by atoms with Crippen LogP contribution in [0.25, 0.3) is 11.2 Å². The Bertz CT molecular complexity index is 833. The van der Waals surface area contributed by atoms with E-state index in [1.54, 1.807) is 24.5 Å². The van der Waals surface area contributed by atoms with Crippen molar-refractivity contribution in [2.75, 3.05) is 0 Å². The van der Waals surface area contributed by atoms with Crippen molar-refractivity contribution in [3.63, 3.8) is 0 Å². The van der Waals surface area contributed by atoms with E-state index in [1.165, 1.54) is 18.1 Å². The van der Waals surface area contributed by atoms with Gasteiger partial charge in [-0.3, -0.25) is 0 Å². The fraction of sp³-hybridized carbons (Fsp3) is 0. The molecule has 0 unspecified atom stereocenters. The van der Waals surface area contributed by atoms with Crippen LogP contribution in [-0.4, -0.2) is 31.0 Å². The highest BCUT2D eigenvalue weighted by Crippen LogP contribution is 2.34. The van der Waals surface area contributed by atoms with Gasteiger partial charge in [0.2, 0.25) is 0 Å². The van der Waals surface area contributed by atoms with Gasteiger partial charge in [-0.1, -0.05) is 28.5 Å². The second-order valence-electron chi connectivity index (χ2n) is 4.01. The maximum absolute atomic E-state index is 8.66. The molecule has 4 N–H and O–H groups in total. The van der Waals surface area contributed by atoms with E-state index in [0.717, 1.165) is 15.4 Å². The third kappa shape index (κ3) is 2.63. The van der Waals surface area contributed by atoms with Crippen molar-refractivity contribution in [2.45, 2.75) is 9.92 Å². The van der Waals surface area contributed by atoms with Crippen LogP contribution in [0, 0.1) is 0 Å². The lowest BCUT2D eigenvalue weighted by atomic mass is 10.2. The van der Waals surface area contributed by atoms with Gasteiger partial charge in [-0.25, -0.2) is 15.0 Å². The Hall–Kier alpha value is -2.32. The molecule has 3 rings (SSSR count). The molecule has 2 heterocycles. The van der Waals surface area contributed by atoms with Crippen LogP contribution >= 0.6 is 23.4 Å². The maximum atomic E-state index is 8.66. The predicted octanol–water partition coefficient (Wildman–Crippen LogP) is 2.25. The number of nitrogens with one attached hydrogen (secondary N) is 1. The summed E-state index contributed by atoms with van der Waals surface area (Å²) in [4.78, 5) is 16.1. The van der Waals surface area contributed by atoms with Crippen molar-refractivity contribution in [2.24, 2.45) is 10.9 Å². The smallest absolute Gasteiger partial charge is 0.181 e. The van der Waals surface area contributed by atoms with Crippen molar-refractivity contribution < 1.29 is 5.21 Å². The lowest BCUT2D eigenvalue weighted by molar-refractivity contribution is 0.318. The topological polar surface area (TPSA) is 113 Å². The van der Waals surface area contributed by atoms with Gasteiger partial charge in [-0.05, 0) is 18.2 Å². The molecule has 0 bridgehead atoms. The Kier molecular flexibility index (Phi) is 3.63. The Morgan fingerprint density at radius 1 is 1.33 bits per heavy atom. The number of hydrogen-bond acceptors (Lipinski definition) is 6. The summed E-state index contributed by atoms with van der Waals surface area (Å²) in [5.41, 5.74) is 7.41. The third-order valence-corrected chi connectivity index (χ3v) is 4.23. The van der Waals surface area contributed by atoms with Crippen LogP contribution in [0.1, 0.15) is 5.56 Å². The number of nitrogens with two attached hydrogens (primary N) is 1. The molecule has 0 aliphatic carbocycles. The summed E-state index contributed by atoms with van der Waals surface area (Å²) in [6.45, 7) is 0. The molecule has 0 aliphatic rings. The van der Waals surface area contributed by atoms with Crippen LogP contribution in [0.4, 0.5) is 0 Å². The Morgan fingerprint density at radius 3 is 2.95 bits per heavy atom. The van der Waals surface area contributed by atoms with E-state index in [4.69, 9.17) is 22.5 Å². The molecule has 21 heavy (non-hydrogen) atoms. The predicted molar refractivity (Wildman–Crippen MR) is 79.8 cm³/mol. The maximum Gasteiger partial charge on any atom is 0.181 e. The number of aromatic nitrogens is 4. The molecule has 0 saturated heterocycles. The Labute approximate surface area is 128 Å². The van der Waals surface area contributed by atoms with Gasteiger partial charge < -0.3 is 15.9 Å². The highest BCUT2D eigenvalue weighted by atomic mass is 35.5. The molecular weight excluding hydrogens is 312 g/mol. The molecule has 0 saturated carbocycles. The summed E-state index contributed by atoms with van der Waals surface area (Å²) < 4.78 is 0. The van der Waals surface area contributed by atoms with Crippen LogP contribution in [0.2, 0.25) is 5.02 Å². The average Bonchev–Trinajstić information content (AvgIpc) is 2.98. The van der Waals surface area contributed by atoms with Gasteiger partial charge in [0, 0.05) is 10.5 Å². The van der Waals surface area contributed by atoms with Crippen molar-refractivity contribution in [3.05, 3.63) is 41.4 Å². The van der Waals surface area contributed by atoms with Gasteiger partial charge in [-0.2, -0.15) is 0 Å². The van der Waals surface area contributed by atoms with E-state index >= 15 is 0 Å². The minimum atomic E-state index is 0.00597. The highest BCUT2D eigenvalue weighted by Gasteiger charge is 2.11. The van der Waals surface area contributed by atoms with E-state index in [-0.39, 0.29) is 5.84 Å². The number of fused-ring (bicyclic) bond motifs is 1. The van der Waals surface area contributed by atoms with Gasteiger partial charge in [0.25, 0.3) is 0 Å². The minimum Gasteiger partial charge on any atom is -0.409 e. The fourth-order valence-corrected chi connectivity index (χ4v) is 2.87. The van der Waals surface area contributed by atoms with Gasteiger partial charge >= 0.3 is 0 Å². The summed E-state index contributed by atoms with van der Waals surface area (Å²) in [5, 5.41) is 12.8. The van der Waals surface area contributed by atoms with Gasteiger partial charge in [-0.15, -0.1) is 0 Å². The van der Waals surface area contributed by atoms with Gasteiger partial charge in [0.15, 0.2) is 11.5 Å². The SMILES string of the molecule is NC(=NO)c1ccc(Sc2ncnc3nc[nH]c23)c(Cl)c1. The summed E-state index contributed by atoms with van der Waals surface area (Å²) in [5.74, 6) is 0.00597. The number of hydrogen-bond donors (Lipinski definition) is 3. The molecule has 0 spiro atoms. The monoisotopic (exact) mass is 320 g/mol. The molecule has 106 valence electrons. The molecule has 0 radical (unpaired) electrons. The molecule has 2 aromatic heterocycles. The largest absolute Gasteiger partial charge is 0.409 e. The molecular formula is C12H9ClN6OS. The molecule has 9 heteroatoms. The summed E-state index contributed by atoms with van der Waals surface area (Å²) in [6, 6.07) is 5.13. The first-order valence-corrected chi connectivity index (χ1v) is 6.98. The van der Waals surface area contributed by atoms with Crippen LogP contribution in [0.15, 0.2) is 45.9 Å². The van der Waals surface area contributed by atoms with Crippen LogP contribution in [-0.2, 0) is 0 Å². The number of rotatable bonds is 3. The van der Waals surface area contributed by atoms with Crippen LogP contribution in [0.3, 0.4) is 0 Å². The molecule has 0 amide bonds. The zero-order valence-corrected chi connectivity index (χ0v) is 12.1. The lowest BCUT2D eigenvalue weighted by Gasteiger charge is -2.06. The molecule has 0 fully saturated rings. The number of halogens is 1. The fourth-order valence-electron chi connectivity index (χ4n) is 1.73. The molecule has 3 aromatic rings. The number of oxime groups is 1. The first-order valence-electron chi connectivity index (χ1n) is 5.78. The van der Waals surface area contributed by atoms with E-state index in [1.807, 2.05) is 0 Å². The zero-order chi connectivity index (χ0) is 14.8. The second-order valence-corrected chi connectivity index (χ2v) is 5.45. The number of amidine groups is 1. The van der Waals surface area contributed by atoms with Crippen molar-refractivity contribution >= 4 is 40.4 Å². The molecule has 1 aromatic carbocycles. The highest BCUT2D eigenvalue weighted by molar-refractivity contribution is 7.99. The van der Waals surface area contributed by atoms with E-state index in [2.05, 4.69) is 25.1 Å². The van der Waals surface area contributed by atoms with Gasteiger partial charge in [0.05, 0.1) is 11.3 Å². The van der Waals surface area contributed by atoms with E-state index in [0.29, 0.717) is 16.2 Å². The van der Waals surface area contributed by atoms with E-state index < -0.39 is 0 Å². The number of H-pyrrole nitrogens is 1. The van der Waals surface area contributed by atoms with Crippen molar-refractivity contribution in [1.82, 2.24) is 19.9 Å². The first-order chi connectivity index (χ1) is 10.2. The summed E-state index contributed by atoms with van der Waals surface area (Å²) >= 11 is 7.60. The van der Waals surface area contributed by atoms with Crippen molar-refractivity contribution in [1.29, 1.82) is 0 Å². The molecule has 7 nitrogen and oxygen atoms in total. The minimum absolute atomic E-state index is 0.00597. The molecule has 0 aliphatic heterocycles. The van der Waals surface area contributed by atoms with Crippen LogP contribution in [0.5, 0.6) is 0 Å². The Balaban J connectivity index is 1.97. The first kappa shape index (κ1) is 13.7. The van der Waals surface area contributed by atoms with Crippen LogP contribution < -0.4 is 5.73 Å². The zero-order valence-electron chi connectivity index (χ0n) is 10.5. The lowest BCUT2D eigenvalue weighted by Crippen LogP contribution is -2.12. The van der Waals surface area contributed by atoms with Crippen molar-refractivity contribution in [3.8, 4) is 0 Å². The second kappa shape index (κ2) is 5.58. The third-order valence-electron chi connectivity index (χ3n) is 2.73. The molecule has 0 atom stereocenters. The van der Waals surface area contributed by atoms with Gasteiger partial charge in [0.1, 0.15) is 16.9 Å². The number of aromatic amines is 1.